The minimum Gasteiger partial charge on any atom is -0.441 e. The van der Waals surface area contributed by atoms with E-state index in [9.17, 15) is 13.6 Å². The summed E-state index contributed by atoms with van der Waals surface area (Å²) in [6, 6.07) is 3.24. The lowest BCUT2D eigenvalue weighted by molar-refractivity contribution is -0.121. The smallest absolute Gasteiger partial charge is 0.220 e. The molecule has 1 aliphatic rings. The second-order valence-electron chi connectivity index (χ2n) is 5.78. The molecule has 0 bridgehead atoms. The summed E-state index contributed by atoms with van der Waals surface area (Å²) in [7, 11) is 0. The number of carbonyl (C=O) groups excluding carboxylic acids is 1. The van der Waals surface area contributed by atoms with Gasteiger partial charge < -0.3 is 14.5 Å². The van der Waals surface area contributed by atoms with Crippen LogP contribution in [0.4, 0.5) is 8.78 Å². The summed E-state index contributed by atoms with van der Waals surface area (Å²) in [4.78, 5) is 15.9. The zero-order valence-corrected chi connectivity index (χ0v) is 13.1. The molecule has 2 aromatic rings. The number of benzene rings is 1. The molecule has 1 N–H and O–H groups in total. The van der Waals surface area contributed by atoms with Crippen LogP contribution in [0.25, 0.3) is 11.3 Å². The van der Waals surface area contributed by atoms with E-state index in [0.717, 1.165) is 25.2 Å². The first-order chi connectivity index (χ1) is 11.6. The summed E-state index contributed by atoms with van der Waals surface area (Å²) in [6.07, 6.45) is 2.89. The molecule has 3 rings (SSSR count). The summed E-state index contributed by atoms with van der Waals surface area (Å²) in [5, 5.41) is 2.86. The van der Waals surface area contributed by atoms with Crippen molar-refractivity contribution in [1.82, 2.24) is 10.3 Å². The maximum atomic E-state index is 13.7. The maximum absolute atomic E-state index is 13.7. The number of aromatic nitrogens is 1. The fourth-order valence-electron chi connectivity index (χ4n) is 2.55. The van der Waals surface area contributed by atoms with Crippen LogP contribution in [-0.2, 0) is 16.0 Å². The summed E-state index contributed by atoms with van der Waals surface area (Å²) in [6.45, 7) is 2.04. The quantitative estimate of drug-likeness (QED) is 0.881. The number of nitrogens with one attached hydrogen (secondary N) is 1. The molecule has 7 heteroatoms. The number of hydrogen-bond acceptors (Lipinski definition) is 4. The van der Waals surface area contributed by atoms with Gasteiger partial charge >= 0.3 is 0 Å². The molecular weight excluding hydrogens is 318 g/mol. The van der Waals surface area contributed by atoms with Gasteiger partial charge in [0.2, 0.25) is 5.91 Å². The molecule has 1 saturated heterocycles. The summed E-state index contributed by atoms with van der Waals surface area (Å²) in [5.74, 6) is -0.521. The fraction of sp³-hybridized carbons (Fsp3) is 0.412. The summed E-state index contributed by atoms with van der Waals surface area (Å²) >= 11 is 0. The van der Waals surface area contributed by atoms with E-state index in [1.54, 1.807) is 0 Å². The number of rotatable bonds is 6. The average molecular weight is 336 g/mol. The standard InChI is InChI=1S/C17H18F2N2O3/c18-12-1-2-13(14(19)7-12)15-9-21-17(24-15)4-3-16(22)20-8-11-5-6-23-10-11/h1-2,7,9,11H,3-6,8,10H2,(H,20,22)/t11-/m1/s1. The molecule has 128 valence electrons. The first-order valence-corrected chi connectivity index (χ1v) is 7.86. The number of hydrogen-bond donors (Lipinski definition) is 1. The molecule has 1 atom stereocenters. The van der Waals surface area contributed by atoms with Crippen LogP contribution in [0.3, 0.4) is 0 Å². The maximum Gasteiger partial charge on any atom is 0.220 e. The zero-order valence-electron chi connectivity index (χ0n) is 13.1. The molecule has 0 saturated carbocycles. The first kappa shape index (κ1) is 16.6. The Bertz CT molecular complexity index is 712. The number of oxazole rings is 1. The van der Waals surface area contributed by atoms with Crippen LogP contribution in [0.2, 0.25) is 0 Å². The molecule has 1 aliphatic heterocycles. The van der Waals surface area contributed by atoms with Crippen LogP contribution in [0.5, 0.6) is 0 Å². The van der Waals surface area contributed by atoms with E-state index in [4.69, 9.17) is 9.15 Å². The van der Waals surface area contributed by atoms with Crippen LogP contribution in [-0.4, -0.2) is 30.6 Å². The number of ether oxygens (including phenoxy) is 1. The Morgan fingerprint density at radius 1 is 1.38 bits per heavy atom. The largest absolute Gasteiger partial charge is 0.441 e. The van der Waals surface area contributed by atoms with E-state index < -0.39 is 11.6 Å². The van der Waals surface area contributed by atoms with E-state index in [-0.39, 0.29) is 23.7 Å². The molecule has 0 radical (unpaired) electrons. The highest BCUT2D eigenvalue weighted by Crippen LogP contribution is 2.24. The van der Waals surface area contributed by atoms with Crippen molar-refractivity contribution in [2.24, 2.45) is 5.92 Å². The van der Waals surface area contributed by atoms with Gasteiger partial charge in [-0.25, -0.2) is 13.8 Å². The fourth-order valence-corrected chi connectivity index (χ4v) is 2.55. The molecule has 0 aliphatic carbocycles. The average Bonchev–Trinajstić information content (AvgIpc) is 3.22. The molecule has 2 heterocycles. The van der Waals surface area contributed by atoms with E-state index in [1.165, 1.54) is 12.3 Å². The molecule has 1 amide bonds. The SMILES string of the molecule is O=C(CCc1ncc(-c2ccc(F)cc2F)o1)NC[C@H]1CCOC1. The molecule has 0 unspecified atom stereocenters. The highest BCUT2D eigenvalue weighted by atomic mass is 19.1. The van der Waals surface area contributed by atoms with Crippen LogP contribution in [0.1, 0.15) is 18.7 Å². The van der Waals surface area contributed by atoms with Gasteiger partial charge in [-0.3, -0.25) is 4.79 Å². The number of halogens is 2. The van der Waals surface area contributed by atoms with Crippen molar-refractivity contribution in [3.63, 3.8) is 0 Å². The van der Waals surface area contributed by atoms with Gasteiger partial charge in [0.1, 0.15) is 11.6 Å². The van der Waals surface area contributed by atoms with Gasteiger partial charge in [-0.2, -0.15) is 0 Å². The van der Waals surface area contributed by atoms with Crippen LogP contribution in [0.15, 0.2) is 28.8 Å². The zero-order chi connectivity index (χ0) is 16.9. The molecule has 1 aromatic carbocycles. The van der Waals surface area contributed by atoms with Crippen molar-refractivity contribution in [3.05, 3.63) is 41.9 Å². The second kappa shape index (κ2) is 7.53. The molecular formula is C17H18F2N2O3. The number of amides is 1. The highest BCUT2D eigenvalue weighted by molar-refractivity contribution is 5.76. The van der Waals surface area contributed by atoms with Gasteiger partial charge in [-0.05, 0) is 18.6 Å². The van der Waals surface area contributed by atoms with Crippen LogP contribution in [0, 0.1) is 17.6 Å². The molecule has 0 spiro atoms. The van der Waals surface area contributed by atoms with Gasteiger partial charge in [-0.15, -0.1) is 0 Å². The van der Waals surface area contributed by atoms with Crippen molar-refractivity contribution in [2.75, 3.05) is 19.8 Å². The Labute approximate surface area is 138 Å². The lowest BCUT2D eigenvalue weighted by atomic mass is 10.1. The minimum atomic E-state index is -0.714. The molecule has 1 aromatic heterocycles. The van der Waals surface area contributed by atoms with Crippen molar-refractivity contribution in [2.45, 2.75) is 19.3 Å². The minimum absolute atomic E-state index is 0.0883. The normalized spacial score (nSPS) is 17.2. The van der Waals surface area contributed by atoms with Crippen LogP contribution < -0.4 is 5.32 Å². The Morgan fingerprint density at radius 2 is 2.25 bits per heavy atom. The first-order valence-electron chi connectivity index (χ1n) is 7.86. The monoisotopic (exact) mass is 336 g/mol. The van der Waals surface area contributed by atoms with Gasteiger partial charge in [0.05, 0.1) is 18.4 Å². The highest BCUT2D eigenvalue weighted by Gasteiger charge is 2.17. The van der Waals surface area contributed by atoms with Crippen molar-refractivity contribution in [3.8, 4) is 11.3 Å². The topological polar surface area (TPSA) is 64.4 Å². The van der Waals surface area contributed by atoms with Gasteiger partial charge in [0.15, 0.2) is 11.7 Å². The lowest BCUT2D eigenvalue weighted by Crippen LogP contribution is -2.29. The van der Waals surface area contributed by atoms with E-state index in [0.29, 0.717) is 31.4 Å². The molecule has 1 fully saturated rings. The number of nitrogens with zero attached hydrogens (tertiary/aromatic N) is 1. The van der Waals surface area contributed by atoms with E-state index in [2.05, 4.69) is 10.3 Å². The Kier molecular flexibility index (Phi) is 5.20. The van der Waals surface area contributed by atoms with Crippen molar-refractivity contribution < 1.29 is 22.7 Å². The van der Waals surface area contributed by atoms with Crippen molar-refractivity contribution >= 4 is 5.91 Å². The Hall–Kier alpha value is -2.28. The number of aryl methyl sites for hydroxylation is 1. The Balaban J connectivity index is 1.51. The van der Waals surface area contributed by atoms with Crippen molar-refractivity contribution in [1.29, 1.82) is 0 Å². The summed E-state index contributed by atoms with van der Waals surface area (Å²) < 4.78 is 37.3. The number of carbonyl (C=O) groups is 1. The van der Waals surface area contributed by atoms with Gasteiger partial charge in [0, 0.05) is 38.0 Å². The molecule has 24 heavy (non-hydrogen) atoms. The van der Waals surface area contributed by atoms with Crippen LogP contribution >= 0.6 is 0 Å². The van der Waals surface area contributed by atoms with E-state index >= 15 is 0 Å². The second-order valence-corrected chi connectivity index (χ2v) is 5.78. The third kappa shape index (κ3) is 4.17. The third-order valence-corrected chi connectivity index (χ3v) is 3.93. The molecule has 5 nitrogen and oxygen atoms in total. The van der Waals surface area contributed by atoms with Gasteiger partial charge in [0.25, 0.3) is 0 Å². The van der Waals surface area contributed by atoms with E-state index in [1.807, 2.05) is 0 Å². The predicted octanol–water partition coefficient (Wildman–Crippen LogP) is 2.71. The summed E-state index contributed by atoms with van der Waals surface area (Å²) in [5.41, 5.74) is 0.140. The van der Waals surface area contributed by atoms with Gasteiger partial charge in [-0.1, -0.05) is 0 Å². The lowest BCUT2D eigenvalue weighted by Gasteiger charge is -2.08. The third-order valence-electron chi connectivity index (χ3n) is 3.93. The predicted molar refractivity (Wildman–Crippen MR) is 82.1 cm³/mol. The Morgan fingerprint density at radius 3 is 3.00 bits per heavy atom.